The molecule has 3 rings (SSSR count). The molecule has 4 heteroatoms. The smallest absolute Gasteiger partial charge is 0.237 e. The van der Waals surface area contributed by atoms with Gasteiger partial charge in [-0.3, -0.25) is 4.79 Å². The summed E-state index contributed by atoms with van der Waals surface area (Å²) in [5.41, 5.74) is 2.60. The van der Waals surface area contributed by atoms with Crippen LogP contribution in [0.25, 0.3) is 0 Å². The number of hydrogen-bond donors (Lipinski definition) is 3. The van der Waals surface area contributed by atoms with Crippen LogP contribution in [0.5, 0.6) is 0 Å². The number of nitrogens with one attached hydrogen (secondary N) is 2. The van der Waals surface area contributed by atoms with Crippen molar-refractivity contribution in [3.8, 4) is 0 Å². The Morgan fingerprint density at radius 2 is 2.21 bits per heavy atom. The van der Waals surface area contributed by atoms with E-state index < -0.39 is 6.10 Å². The maximum Gasteiger partial charge on any atom is 0.237 e. The second-order valence-electron chi connectivity index (χ2n) is 5.50. The average molecular weight is 260 g/mol. The lowest BCUT2D eigenvalue weighted by atomic mass is 9.87. The van der Waals surface area contributed by atoms with Crippen LogP contribution in [-0.2, 0) is 11.2 Å². The van der Waals surface area contributed by atoms with Crippen molar-refractivity contribution in [2.45, 2.75) is 43.9 Å². The largest absolute Gasteiger partial charge is 0.392 e. The molecule has 4 nitrogen and oxygen atoms in total. The van der Waals surface area contributed by atoms with Gasteiger partial charge < -0.3 is 15.7 Å². The Labute approximate surface area is 113 Å². The Bertz CT molecular complexity index is 475. The molecule has 1 aromatic rings. The van der Waals surface area contributed by atoms with Crippen LogP contribution in [0, 0.1) is 0 Å². The Hall–Kier alpha value is -1.39. The van der Waals surface area contributed by atoms with Crippen molar-refractivity contribution in [2.75, 3.05) is 6.54 Å². The first kappa shape index (κ1) is 12.6. The van der Waals surface area contributed by atoms with E-state index in [-0.39, 0.29) is 18.0 Å². The summed E-state index contributed by atoms with van der Waals surface area (Å²) in [6, 6.07) is 8.21. The number of β-amino-alcohol motifs (C(OH)–C–C–N with tert-alkyl or cyclic N) is 1. The zero-order chi connectivity index (χ0) is 13.2. The summed E-state index contributed by atoms with van der Waals surface area (Å²) < 4.78 is 0. The molecule has 0 spiro atoms. The molecular formula is C15H20N2O2. The van der Waals surface area contributed by atoms with E-state index in [0.717, 1.165) is 19.3 Å². The molecule has 19 heavy (non-hydrogen) atoms. The summed E-state index contributed by atoms with van der Waals surface area (Å²) in [6.45, 7) is 0.513. The van der Waals surface area contributed by atoms with Crippen molar-refractivity contribution in [3.05, 3.63) is 35.4 Å². The Balaban J connectivity index is 1.69. The average Bonchev–Trinajstić information content (AvgIpc) is 2.86. The molecule has 1 fully saturated rings. The molecule has 1 heterocycles. The molecule has 3 N–H and O–H groups in total. The third kappa shape index (κ3) is 2.65. The van der Waals surface area contributed by atoms with Crippen molar-refractivity contribution < 1.29 is 9.90 Å². The van der Waals surface area contributed by atoms with Crippen LogP contribution >= 0.6 is 0 Å². The van der Waals surface area contributed by atoms with Crippen LogP contribution in [0.4, 0.5) is 0 Å². The number of benzene rings is 1. The molecule has 2 aliphatic rings. The normalized spacial score (nSPS) is 29.8. The first-order valence-electron chi connectivity index (χ1n) is 7.03. The van der Waals surface area contributed by atoms with Crippen molar-refractivity contribution >= 4 is 5.91 Å². The van der Waals surface area contributed by atoms with Gasteiger partial charge >= 0.3 is 0 Å². The fraction of sp³-hybridized carbons (Fsp3) is 0.533. The minimum Gasteiger partial charge on any atom is -0.392 e. The van der Waals surface area contributed by atoms with Gasteiger partial charge in [0.15, 0.2) is 0 Å². The fourth-order valence-corrected chi connectivity index (χ4v) is 3.09. The standard InChI is InChI=1S/C15H20N2O2/c18-11-8-14(16-9-11)15(19)17-13-7-3-5-10-4-1-2-6-12(10)13/h1-2,4,6,11,13-14,16,18H,3,5,7-9H2,(H,17,19)/t11-,13-,14+/m1/s1. The van der Waals surface area contributed by atoms with Gasteiger partial charge in [-0.1, -0.05) is 24.3 Å². The number of carbonyl (C=O) groups is 1. The minimum atomic E-state index is -0.394. The summed E-state index contributed by atoms with van der Waals surface area (Å²) in [6.07, 6.45) is 3.33. The molecule has 1 amide bonds. The molecule has 102 valence electrons. The second kappa shape index (κ2) is 5.31. The summed E-state index contributed by atoms with van der Waals surface area (Å²) in [7, 11) is 0. The highest BCUT2D eigenvalue weighted by Gasteiger charge is 2.30. The van der Waals surface area contributed by atoms with E-state index in [0.29, 0.717) is 13.0 Å². The third-order valence-corrected chi connectivity index (χ3v) is 4.11. The molecule has 1 saturated heterocycles. The van der Waals surface area contributed by atoms with Gasteiger partial charge in [0.1, 0.15) is 0 Å². The summed E-state index contributed by atoms with van der Waals surface area (Å²) in [5, 5.41) is 15.7. The van der Waals surface area contributed by atoms with E-state index in [1.54, 1.807) is 0 Å². The molecule has 1 aromatic carbocycles. The monoisotopic (exact) mass is 260 g/mol. The predicted octanol–water partition coefficient (Wildman–Crippen LogP) is 0.903. The van der Waals surface area contributed by atoms with Crippen molar-refractivity contribution in [3.63, 3.8) is 0 Å². The molecule has 3 atom stereocenters. The van der Waals surface area contributed by atoms with Crippen LogP contribution in [0.3, 0.4) is 0 Å². The molecule has 0 unspecified atom stereocenters. The lowest BCUT2D eigenvalue weighted by molar-refractivity contribution is -0.123. The predicted molar refractivity (Wildman–Crippen MR) is 72.7 cm³/mol. The highest BCUT2D eigenvalue weighted by atomic mass is 16.3. The van der Waals surface area contributed by atoms with Crippen molar-refractivity contribution in [1.29, 1.82) is 0 Å². The third-order valence-electron chi connectivity index (χ3n) is 4.11. The van der Waals surface area contributed by atoms with Gasteiger partial charge in [0.2, 0.25) is 5.91 Å². The molecule has 1 aliphatic heterocycles. The lowest BCUT2D eigenvalue weighted by Crippen LogP contribution is -2.42. The number of aliphatic hydroxyl groups excluding tert-OH is 1. The summed E-state index contributed by atoms with van der Waals surface area (Å²) in [4.78, 5) is 12.2. The number of hydrogen-bond acceptors (Lipinski definition) is 3. The zero-order valence-electron chi connectivity index (χ0n) is 10.9. The van der Waals surface area contributed by atoms with E-state index in [4.69, 9.17) is 0 Å². The lowest BCUT2D eigenvalue weighted by Gasteiger charge is -2.27. The number of aliphatic hydroxyl groups is 1. The van der Waals surface area contributed by atoms with Crippen molar-refractivity contribution in [1.82, 2.24) is 10.6 Å². The van der Waals surface area contributed by atoms with E-state index in [1.165, 1.54) is 11.1 Å². The van der Waals surface area contributed by atoms with Gasteiger partial charge in [-0.25, -0.2) is 0 Å². The molecule has 0 aromatic heterocycles. The fourth-order valence-electron chi connectivity index (χ4n) is 3.09. The topological polar surface area (TPSA) is 61.4 Å². The number of carbonyl (C=O) groups excluding carboxylic acids is 1. The Morgan fingerprint density at radius 1 is 1.37 bits per heavy atom. The second-order valence-corrected chi connectivity index (χ2v) is 5.50. The van der Waals surface area contributed by atoms with Crippen LogP contribution in [0.2, 0.25) is 0 Å². The van der Waals surface area contributed by atoms with Gasteiger partial charge in [0.05, 0.1) is 18.2 Å². The first-order chi connectivity index (χ1) is 9.24. The number of rotatable bonds is 2. The highest BCUT2D eigenvalue weighted by molar-refractivity contribution is 5.82. The zero-order valence-corrected chi connectivity index (χ0v) is 10.9. The maximum absolute atomic E-state index is 12.2. The Morgan fingerprint density at radius 3 is 3.00 bits per heavy atom. The van der Waals surface area contributed by atoms with Gasteiger partial charge in [-0.05, 0) is 36.8 Å². The van der Waals surface area contributed by atoms with Crippen molar-refractivity contribution in [2.24, 2.45) is 0 Å². The van der Waals surface area contributed by atoms with E-state index >= 15 is 0 Å². The highest BCUT2D eigenvalue weighted by Crippen LogP contribution is 2.29. The number of amides is 1. The number of fused-ring (bicyclic) bond motifs is 1. The molecule has 0 saturated carbocycles. The van der Waals surface area contributed by atoms with Gasteiger partial charge in [0, 0.05) is 6.54 Å². The van der Waals surface area contributed by atoms with Crippen LogP contribution < -0.4 is 10.6 Å². The molecule has 1 aliphatic carbocycles. The van der Waals surface area contributed by atoms with Crippen LogP contribution in [-0.4, -0.2) is 29.7 Å². The van der Waals surface area contributed by atoms with E-state index in [9.17, 15) is 9.90 Å². The molecule has 0 radical (unpaired) electrons. The van der Waals surface area contributed by atoms with Gasteiger partial charge in [-0.2, -0.15) is 0 Å². The summed E-state index contributed by atoms with van der Waals surface area (Å²) >= 11 is 0. The van der Waals surface area contributed by atoms with E-state index in [2.05, 4.69) is 28.8 Å². The van der Waals surface area contributed by atoms with E-state index in [1.807, 2.05) is 6.07 Å². The van der Waals surface area contributed by atoms with Crippen LogP contribution in [0.15, 0.2) is 24.3 Å². The first-order valence-corrected chi connectivity index (χ1v) is 7.03. The van der Waals surface area contributed by atoms with Gasteiger partial charge in [-0.15, -0.1) is 0 Å². The SMILES string of the molecule is O=C(N[C@@H]1CCCc2ccccc21)[C@@H]1C[C@@H](O)CN1. The molecular weight excluding hydrogens is 240 g/mol. The minimum absolute atomic E-state index is 0.0123. The number of aryl methyl sites for hydroxylation is 1. The molecule has 0 bridgehead atoms. The van der Waals surface area contributed by atoms with Crippen LogP contribution in [0.1, 0.15) is 36.4 Å². The maximum atomic E-state index is 12.2. The summed E-state index contributed by atoms with van der Waals surface area (Å²) in [5.74, 6) is 0.0123. The van der Waals surface area contributed by atoms with Gasteiger partial charge in [0.25, 0.3) is 0 Å². The quantitative estimate of drug-likeness (QED) is 0.740. The Kier molecular flexibility index (Phi) is 3.53.